The van der Waals surface area contributed by atoms with E-state index in [9.17, 15) is 5.11 Å². The molecule has 4 atom stereocenters. The van der Waals surface area contributed by atoms with E-state index in [1.54, 1.807) is 24.9 Å². The third-order valence-electron chi connectivity index (χ3n) is 2.72. The zero-order chi connectivity index (χ0) is 12.1. The van der Waals surface area contributed by atoms with Crippen molar-refractivity contribution in [3.05, 3.63) is 24.2 Å². The molecule has 3 N–H and O–H groups in total. The van der Waals surface area contributed by atoms with Gasteiger partial charge in [0.1, 0.15) is 5.76 Å². The van der Waals surface area contributed by atoms with Crippen molar-refractivity contribution in [1.29, 1.82) is 0 Å². The van der Waals surface area contributed by atoms with Crippen molar-refractivity contribution >= 4 is 11.8 Å². The maximum absolute atomic E-state index is 9.53. The van der Waals surface area contributed by atoms with Crippen LogP contribution in [0.15, 0.2) is 22.8 Å². The number of aliphatic hydroxyl groups excluding tert-OH is 1. The van der Waals surface area contributed by atoms with Crippen molar-refractivity contribution in [2.75, 3.05) is 0 Å². The normalized spacial score (nSPS) is 19.1. The van der Waals surface area contributed by atoms with Gasteiger partial charge in [-0.05, 0) is 25.5 Å². The third-order valence-corrected chi connectivity index (χ3v) is 4.42. The second-order valence-corrected chi connectivity index (χ2v) is 5.61. The average Bonchev–Trinajstić information content (AvgIpc) is 2.77. The van der Waals surface area contributed by atoms with Crippen LogP contribution >= 0.6 is 11.8 Å². The van der Waals surface area contributed by atoms with Gasteiger partial charge in [-0.15, -0.1) is 11.8 Å². The second kappa shape index (κ2) is 6.33. The molecule has 3 nitrogen and oxygen atoms in total. The standard InChI is InChI=1S/C12H21NO2S/c1-4-10(13)12(11-6-5-7-15-11)16-9(3)8(2)14/h5-10,12,14H,4,13H2,1-3H3. The molecule has 0 fully saturated rings. The highest BCUT2D eigenvalue weighted by Crippen LogP contribution is 2.36. The molecule has 4 heteroatoms. The Hall–Kier alpha value is -0.450. The van der Waals surface area contributed by atoms with Gasteiger partial charge in [0.25, 0.3) is 0 Å². The summed E-state index contributed by atoms with van der Waals surface area (Å²) in [5.41, 5.74) is 6.09. The fourth-order valence-corrected chi connectivity index (χ4v) is 2.74. The highest BCUT2D eigenvalue weighted by Gasteiger charge is 2.25. The minimum atomic E-state index is -0.341. The minimum Gasteiger partial charge on any atom is -0.468 e. The lowest BCUT2D eigenvalue weighted by Crippen LogP contribution is -2.28. The maximum Gasteiger partial charge on any atom is 0.118 e. The van der Waals surface area contributed by atoms with Crippen molar-refractivity contribution in [3.63, 3.8) is 0 Å². The van der Waals surface area contributed by atoms with E-state index < -0.39 is 0 Å². The SMILES string of the molecule is CCC(N)C(SC(C)C(C)O)c1ccco1. The molecule has 0 saturated heterocycles. The summed E-state index contributed by atoms with van der Waals surface area (Å²) in [6, 6.07) is 3.87. The fraction of sp³-hybridized carbons (Fsp3) is 0.667. The molecule has 0 aliphatic carbocycles. The number of hydrogen-bond acceptors (Lipinski definition) is 4. The van der Waals surface area contributed by atoms with Crippen molar-refractivity contribution < 1.29 is 9.52 Å². The Kier molecular flexibility index (Phi) is 5.38. The predicted molar refractivity (Wildman–Crippen MR) is 68.4 cm³/mol. The van der Waals surface area contributed by atoms with Gasteiger partial charge in [0.2, 0.25) is 0 Å². The highest BCUT2D eigenvalue weighted by atomic mass is 32.2. The van der Waals surface area contributed by atoms with Crippen LogP contribution in [0, 0.1) is 0 Å². The van der Waals surface area contributed by atoms with Gasteiger partial charge in [0.05, 0.1) is 17.6 Å². The molecular formula is C12H21NO2S. The van der Waals surface area contributed by atoms with E-state index in [1.165, 1.54) is 0 Å². The molecule has 0 aliphatic heterocycles. The lowest BCUT2D eigenvalue weighted by Gasteiger charge is -2.25. The Morgan fingerprint density at radius 2 is 2.19 bits per heavy atom. The molecule has 0 aromatic carbocycles. The van der Waals surface area contributed by atoms with Crippen molar-refractivity contribution in [2.45, 2.75) is 49.8 Å². The third kappa shape index (κ3) is 3.54. The molecule has 4 unspecified atom stereocenters. The van der Waals surface area contributed by atoms with Gasteiger partial charge in [-0.1, -0.05) is 13.8 Å². The fourth-order valence-electron chi connectivity index (χ4n) is 1.39. The summed E-state index contributed by atoms with van der Waals surface area (Å²) in [6.45, 7) is 5.87. The molecule has 92 valence electrons. The summed E-state index contributed by atoms with van der Waals surface area (Å²) in [7, 11) is 0. The lowest BCUT2D eigenvalue weighted by atomic mass is 10.1. The van der Waals surface area contributed by atoms with Gasteiger partial charge in [0.15, 0.2) is 0 Å². The Labute approximate surface area is 101 Å². The van der Waals surface area contributed by atoms with Crippen molar-refractivity contribution in [1.82, 2.24) is 0 Å². The van der Waals surface area contributed by atoms with E-state index in [4.69, 9.17) is 10.2 Å². The Morgan fingerprint density at radius 1 is 1.50 bits per heavy atom. The first-order valence-electron chi connectivity index (χ1n) is 5.68. The molecule has 0 spiro atoms. The van der Waals surface area contributed by atoms with Crippen LogP contribution in [0.2, 0.25) is 0 Å². The first-order valence-corrected chi connectivity index (χ1v) is 6.63. The quantitative estimate of drug-likeness (QED) is 0.806. The summed E-state index contributed by atoms with van der Waals surface area (Å²) in [5, 5.41) is 9.79. The number of furan rings is 1. The van der Waals surface area contributed by atoms with E-state index >= 15 is 0 Å². The molecule has 1 aromatic rings. The first-order chi connectivity index (χ1) is 7.56. The van der Waals surface area contributed by atoms with Crippen LogP contribution in [-0.2, 0) is 0 Å². The summed E-state index contributed by atoms with van der Waals surface area (Å²) in [4.78, 5) is 0. The zero-order valence-electron chi connectivity index (χ0n) is 10.1. The van der Waals surface area contributed by atoms with E-state index in [0.717, 1.165) is 12.2 Å². The zero-order valence-corrected chi connectivity index (χ0v) is 10.9. The van der Waals surface area contributed by atoms with Gasteiger partial charge in [-0.25, -0.2) is 0 Å². The van der Waals surface area contributed by atoms with E-state index in [1.807, 2.05) is 19.1 Å². The summed E-state index contributed by atoms with van der Waals surface area (Å²) in [5.74, 6) is 0.895. The van der Waals surface area contributed by atoms with Crippen LogP contribution < -0.4 is 5.73 Å². The summed E-state index contributed by atoms with van der Waals surface area (Å²) < 4.78 is 5.42. The molecule has 0 amide bonds. The minimum absolute atomic E-state index is 0.0531. The molecular weight excluding hydrogens is 222 g/mol. The van der Waals surface area contributed by atoms with Crippen LogP contribution in [0.5, 0.6) is 0 Å². The smallest absolute Gasteiger partial charge is 0.118 e. The van der Waals surface area contributed by atoms with E-state index in [2.05, 4.69) is 6.92 Å². The monoisotopic (exact) mass is 243 g/mol. The predicted octanol–water partition coefficient (Wildman–Crippen LogP) is 2.56. The number of thioether (sulfide) groups is 1. The number of hydrogen-bond donors (Lipinski definition) is 2. The molecule has 1 heterocycles. The Balaban J connectivity index is 2.73. The van der Waals surface area contributed by atoms with Crippen LogP contribution in [0.25, 0.3) is 0 Å². The maximum atomic E-state index is 9.53. The van der Waals surface area contributed by atoms with Crippen molar-refractivity contribution in [2.24, 2.45) is 5.73 Å². The first kappa shape index (κ1) is 13.6. The lowest BCUT2D eigenvalue weighted by molar-refractivity contribution is 0.196. The number of aliphatic hydroxyl groups is 1. The molecule has 0 saturated carbocycles. The van der Waals surface area contributed by atoms with Crippen LogP contribution in [0.1, 0.15) is 38.2 Å². The molecule has 0 bridgehead atoms. The molecule has 1 rings (SSSR count). The van der Waals surface area contributed by atoms with Crippen LogP contribution in [0.3, 0.4) is 0 Å². The second-order valence-electron chi connectivity index (χ2n) is 4.09. The van der Waals surface area contributed by atoms with Crippen molar-refractivity contribution in [3.8, 4) is 0 Å². The van der Waals surface area contributed by atoms with Gasteiger partial charge >= 0.3 is 0 Å². The van der Waals surface area contributed by atoms with E-state index in [-0.39, 0.29) is 22.6 Å². The van der Waals surface area contributed by atoms with E-state index in [0.29, 0.717) is 0 Å². The highest BCUT2D eigenvalue weighted by molar-refractivity contribution is 8.00. The number of rotatable bonds is 6. The average molecular weight is 243 g/mol. The molecule has 1 aromatic heterocycles. The van der Waals surface area contributed by atoms with Crippen LogP contribution in [0.4, 0.5) is 0 Å². The number of nitrogens with two attached hydrogens (primary N) is 1. The topological polar surface area (TPSA) is 59.4 Å². The molecule has 0 aliphatic rings. The Bertz CT molecular complexity index is 287. The van der Waals surface area contributed by atoms with Gasteiger partial charge in [-0.3, -0.25) is 0 Å². The molecule has 0 radical (unpaired) electrons. The van der Waals surface area contributed by atoms with Gasteiger partial charge in [0, 0.05) is 11.3 Å². The largest absolute Gasteiger partial charge is 0.468 e. The van der Waals surface area contributed by atoms with Gasteiger partial charge < -0.3 is 15.3 Å². The van der Waals surface area contributed by atoms with Gasteiger partial charge in [-0.2, -0.15) is 0 Å². The molecule has 16 heavy (non-hydrogen) atoms. The van der Waals surface area contributed by atoms with Crippen LogP contribution in [-0.4, -0.2) is 22.5 Å². The summed E-state index contributed by atoms with van der Waals surface area (Å²) in [6.07, 6.45) is 2.22. The summed E-state index contributed by atoms with van der Waals surface area (Å²) >= 11 is 1.67. The Morgan fingerprint density at radius 3 is 2.62 bits per heavy atom.